The van der Waals surface area contributed by atoms with E-state index in [9.17, 15) is 0 Å². The lowest BCUT2D eigenvalue weighted by Crippen LogP contribution is -2.37. The Labute approximate surface area is 120 Å². The molecule has 1 saturated heterocycles. The fourth-order valence-electron chi connectivity index (χ4n) is 2.92. The lowest BCUT2D eigenvalue weighted by molar-refractivity contribution is 0.188. The SMILES string of the molecule is Clc1cccc(CN(CC2CCNCC2)C2CC2)n1. The third kappa shape index (κ3) is 3.91. The zero-order valence-electron chi connectivity index (χ0n) is 11.3. The number of piperidine rings is 1. The Kier molecular flexibility index (Phi) is 4.36. The number of nitrogens with zero attached hydrogens (tertiary/aromatic N) is 2. The maximum atomic E-state index is 5.98. The standard InChI is InChI=1S/C15H22ClN3/c16-15-3-1-2-13(18-15)11-19(14-4-5-14)10-12-6-8-17-9-7-12/h1-3,12,14,17H,4-11H2. The van der Waals surface area contributed by atoms with Gasteiger partial charge in [-0.3, -0.25) is 4.90 Å². The number of hydrogen-bond donors (Lipinski definition) is 1. The molecule has 1 aliphatic carbocycles. The molecule has 0 radical (unpaired) electrons. The maximum Gasteiger partial charge on any atom is 0.129 e. The van der Waals surface area contributed by atoms with Crippen molar-refractivity contribution in [3.8, 4) is 0 Å². The van der Waals surface area contributed by atoms with Crippen molar-refractivity contribution >= 4 is 11.6 Å². The second kappa shape index (κ2) is 6.21. The molecule has 1 aliphatic heterocycles. The van der Waals surface area contributed by atoms with Crippen LogP contribution in [0.15, 0.2) is 18.2 Å². The fraction of sp³-hybridized carbons (Fsp3) is 0.667. The minimum atomic E-state index is 0.607. The Morgan fingerprint density at radius 3 is 2.68 bits per heavy atom. The summed E-state index contributed by atoms with van der Waals surface area (Å²) in [6.45, 7) is 4.53. The van der Waals surface area contributed by atoms with E-state index in [4.69, 9.17) is 11.6 Å². The van der Waals surface area contributed by atoms with E-state index in [1.807, 2.05) is 12.1 Å². The minimum absolute atomic E-state index is 0.607. The van der Waals surface area contributed by atoms with Gasteiger partial charge in [0, 0.05) is 19.1 Å². The van der Waals surface area contributed by atoms with Gasteiger partial charge in [0.1, 0.15) is 5.15 Å². The molecule has 104 valence electrons. The van der Waals surface area contributed by atoms with Gasteiger partial charge in [0.2, 0.25) is 0 Å². The molecule has 19 heavy (non-hydrogen) atoms. The second-order valence-corrected chi connectivity index (χ2v) is 6.19. The molecule has 1 aromatic rings. The molecule has 1 saturated carbocycles. The molecule has 0 atom stereocenters. The maximum absolute atomic E-state index is 5.98. The zero-order valence-corrected chi connectivity index (χ0v) is 12.1. The largest absolute Gasteiger partial charge is 0.317 e. The van der Waals surface area contributed by atoms with Crippen LogP contribution in [-0.4, -0.2) is 35.6 Å². The predicted octanol–water partition coefficient (Wildman–Crippen LogP) is 2.70. The number of rotatable bonds is 5. The van der Waals surface area contributed by atoms with E-state index in [2.05, 4.69) is 21.3 Å². The van der Waals surface area contributed by atoms with Gasteiger partial charge in [0.25, 0.3) is 0 Å². The lowest BCUT2D eigenvalue weighted by Gasteiger charge is -2.30. The Hall–Kier alpha value is -0.640. The molecule has 3 rings (SSSR count). The van der Waals surface area contributed by atoms with Crippen LogP contribution in [0.5, 0.6) is 0 Å². The summed E-state index contributed by atoms with van der Waals surface area (Å²) >= 11 is 5.98. The monoisotopic (exact) mass is 279 g/mol. The van der Waals surface area contributed by atoms with Crippen molar-refractivity contribution < 1.29 is 0 Å². The Bertz CT molecular complexity index is 414. The Morgan fingerprint density at radius 1 is 1.21 bits per heavy atom. The van der Waals surface area contributed by atoms with Crippen molar-refractivity contribution in [1.29, 1.82) is 0 Å². The summed E-state index contributed by atoms with van der Waals surface area (Å²) in [6.07, 6.45) is 5.33. The molecule has 0 amide bonds. The van der Waals surface area contributed by atoms with Crippen LogP contribution in [0.4, 0.5) is 0 Å². The summed E-state index contributed by atoms with van der Waals surface area (Å²) in [5.74, 6) is 0.848. The first-order chi connectivity index (χ1) is 9.31. The van der Waals surface area contributed by atoms with Crippen molar-refractivity contribution in [2.45, 2.75) is 38.3 Å². The van der Waals surface area contributed by atoms with Gasteiger partial charge in [-0.15, -0.1) is 0 Å². The van der Waals surface area contributed by atoms with E-state index in [-0.39, 0.29) is 0 Å². The highest BCUT2D eigenvalue weighted by atomic mass is 35.5. The highest BCUT2D eigenvalue weighted by Gasteiger charge is 2.31. The van der Waals surface area contributed by atoms with Crippen LogP contribution >= 0.6 is 11.6 Å². The molecule has 4 heteroatoms. The fourth-order valence-corrected chi connectivity index (χ4v) is 3.11. The van der Waals surface area contributed by atoms with Crippen LogP contribution in [0.2, 0.25) is 5.15 Å². The summed E-state index contributed by atoms with van der Waals surface area (Å²) in [4.78, 5) is 7.05. The highest BCUT2D eigenvalue weighted by Crippen LogP contribution is 2.30. The molecular weight excluding hydrogens is 258 g/mol. The average molecular weight is 280 g/mol. The number of halogens is 1. The normalized spacial score (nSPS) is 20.9. The molecule has 0 bridgehead atoms. The molecule has 2 fully saturated rings. The van der Waals surface area contributed by atoms with Crippen molar-refractivity contribution in [3.05, 3.63) is 29.0 Å². The van der Waals surface area contributed by atoms with Crippen LogP contribution < -0.4 is 5.32 Å². The van der Waals surface area contributed by atoms with E-state index in [1.165, 1.54) is 45.3 Å². The molecule has 2 aliphatic rings. The van der Waals surface area contributed by atoms with Gasteiger partial charge in [-0.2, -0.15) is 0 Å². The van der Waals surface area contributed by atoms with Crippen molar-refractivity contribution in [1.82, 2.24) is 15.2 Å². The van der Waals surface area contributed by atoms with Gasteiger partial charge in [-0.25, -0.2) is 4.98 Å². The summed E-state index contributed by atoms with van der Waals surface area (Å²) in [5, 5.41) is 4.05. The van der Waals surface area contributed by atoms with Gasteiger partial charge in [-0.1, -0.05) is 17.7 Å². The molecule has 2 heterocycles. The van der Waals surface area contributed by atoms with Gasteiger partial charge in [0.15, 0.2) is 0 Å². The Morgan fingerprint density at radius 2 is 2.00 bits per heavy atom. The first-order valence-electron chi connectivity index (χ1n) is 7.37. The first-order valence-corrected chi connectivity index (χ1v) is 7.75. The van der Waals surface area contributed by atoms with E-state index in [0.29, 0.717) is 5.15 Å². The summed E-state index contributed by atoms with van der Waals surface area (Å²) in [7, 11) is 0. The van der Waals surface area contributed by atoms with Crippen LogP contribution in [0.25, 0.3) is 0 Å². The molecule has 0 aromatic carbocycles. The van der Waals surface area contributed by atoms with E-state index >= 15 is 0 Å². The minimum Gasteiger partial charge on any atom is -0.317 e. The van der Waals surface area contributed by atoms with Crippen LogP contribution in [0.3, 0.4) is 0 Å². The third-order valence-electron chi connectivity index (χ3n) is 4.15. The lowest BCUT2D eigenvalue weighted by atomic mass is 9.97. The second-order valence-electron chi connectivity index (χ2n) is 5.81. The van der Waals surface area contributed by atoms with E-state index in [1.54, 1.807) is 0 Å². The van der Waals surface area contributed by atoms with Gasteiger partial charge >= 0.3 is 0 Å². The number of pyridine rings is 1. The number of nitrogens with one attached hydrogen (secondary N) is 1. The molecule has 0 spiro atoms. The molecule has 1 N–H and O–H groups in total. The molecule has 0 unspecified atom stereocenters. The first kappa shape index (κ1) is 13.3. The Balaban J connectivity index is 1.60. The van der Waals surface area contributed by atoms with Crippen molar-refractivity contribution in [2.75, 3.05) is 19.6 Å². The number of hydrogen-bond acceptors (Lipinski definition) is 3. The topological polar surface area (TPSA) is 28.2 Å². The average Bonchev–Trinajstić information content (AvgIpc) is 3.23. The smallest absolute Gasteiger partial charge is 0.129 e. The third-order valence-corrected chi connectivity index (χ3v) is 4.36. The summed E-state index contributed by atoms with van der Waals surface area (Å²) in [5.41, 5.74) is 1.10. The van der Waals surface area contributed by atoms with Gasteiger partial charge in [0.05, 0.1) is 5.69 Å². The molecule has 3 nitrogen and oxygen atoms in total. The highest BCUT2D eigenvalue weighted by molar-refractivity contribution is 6.29. The van der Waals surface area contributed by atoms with Gasteiger partial charge < -0.3 is 5.32 Å². The van der Waals surface area contributed by atoms with E-state index < -0.39 is 0 Å². The van der Waals surface area contributed by atoms with E-state index in [0.717, 1.165) is 24.2 Å². The summed E-state index contributed by atoms with van der Waals surface area (Å²) in [6, 6.07) is 6.72. The van der Waals surface area contributed by atoms with Gasteiger partial charge in [-0.05, 0) is 56.8 Å². The molecular formula is C15H22ClN3. The quantitative estimate of drug-likeness (QED) is 0.840. The van der Waals surface area contributed by atoms with Crippen molar-refractivity contribution in [3.63, 3.8) is 0 Å². The summed E-state index contributed by atoms with van der Waals surface area (Å²) < 4.78 is 0. The van der Waals surface area contributed by atoms with Crippen LogP contribution in [0.1, 0.15) is 31.4 Å². The zero-order chi connectivity index (χ0) is 13.1. The van der Waals surface area contributed by atoms with Crippen LogP contribution in [0, 0.1) is 5.92 Å². The molecule has 1 aromatic heterocycles. The van der Waals surface area contributed by atoms with Crippen molar-refractivity contribution in [2.24, 2.45) is 5.92 Å². The predicted molar refractivity (Wildman–Crippen MR) is 78.3 cm³/mol. The number of aromatic nitrogens is 1. The van der Waals surface area contributed by atoms with Crippen LogP contribution in [-0.2, 0) is 6.54 Å².